The van der Waals surface area contributed by atoms with Gasteiger partial charge in [-0.05, 0) is 32.5 Å². The third-order valence-corrected chi connectivity index (χ3v) is 5.45. The van der Waals surface area contributed by atoms with Gasteiger partial charge in [-0.25, -0.2) is 9.99 Å². The molecule has 1 aliphatic rings. The van der Waals surface area contributed by atoms with Crippen molar-refractivity contribution < 1.29 is 4.79 Å². The molecule has 2 aromatic carbocycles. The molecule has 0 spiro atoms. The molecule has 0 unspecified atom stereocenters. The largest absolute Gasteiger partial charge is 0.304 e. The van der Waals surface area contributed by atoms with Crippen LogP contribution in [0.1, 0.15) is 21.5 Å². The summed E-state index contributed by atoms with van der Waals surface area (Å²) in [7, 11) is 2.10. The summed E-state index contributed by atoms with van der Waals surface area (Å²) in [6, 6.07) is 16.2. The number of carbonyl (C=O) groups is 1. The van der Waals surface area contributed by atoms with Crippen molar-refractivity contribution in [3.8, 4) is 11.3 Å². The topological polar surface area (TPSA) is 48.5 Å². The van der Waals surface area contributed by atoms with E-state index in [4.69, 9.17) is 4.98 Å². The Morgan fingerprint density at radius 1 is 0.964 bits per heavy atom. The number of hydrogen-bond acceptors (Lipinski definition) is 4. The van der Waals surface area contributed by atoms with Gasteiger partial charge in [-0.2, -0.15) is 0 Å². The molecular formula is C23H26N4O. The number of nitrogens with zero attached hydrogens (tertiary/aromatic N) is 3. The number of amides is 1. The summed E-state index contributed by atoms with van der Waals surface area (Å²) in [5.74, 6) is -0.0611. The minimum atomic E-state index is -0.0611. The van der Waals surface area contributed by atoms with Crippen LogP contribution in [0.5, 0.6) is 0 Å². The van der Waals surface area contributed by atoms with E-state index in [0.29, 0.717) is 5.56 Å². The van der Waals surface area contributed by atoms with Gasteiger partial charge in [0.1, 0.15) is 0 Å². The van der Waals surface area contributed by atoms with E-state index in [1.54, 1.807) is 0 Å². The molecule has 28 heavy (non-hydrogen) atoms. The zero-order chi connectivity index (χ0) is 19.7. The van der Waals surface area contributed by atoms with Crippen molar-refractivity contribution in [2.45, 2.75) is 13.8 Å². The van der Waals surface area contributed by atoms with Crippen molar-refractivity contribution >= 4 is 16.8 Å². The summed E-state index contributed by atoms with van der Waals surface area (Å²) in [6.07, 6.45) is 0. The van der Waals surface area contributed by atoms with Crippen molar-refractivity contribution in [3.63, 3.8) is 0 Å². The number of aromatic nitrogens is 1. The Hall–Kier alpha value is -2.76. The van der Waals surface area contributed by atoms with Gasteiger partial charge in [-0.1, -0.05) is 48.0 Å². The molecule has 1 saturated heterocycles. The van der Waals surface area contributed by atoms with Crippen LogP contribution in [0.3, 0.4) is 0 Å². The fraction of sp³-hybridized carbons (Fsp3) is 0.304. The highest BCUT2D eigenvalue weighted by Crippen LogP contribution is 2.30. The van der Waals surface area contributed by atoms with Crippen LogP contribution in [-0.2, 0) is 0 Å². The lowest BCUT2D eigenvalue weighted by atomic mass is 9.97. The Labute approximate surface area is 166 Å². The summed E-state index contributed by atoms with van der Waals surface area (Å²) in [6.45, 7) is 7.62. The number of rotatable bonds is 3. The third-order valence-electron chi connectivity index (χ3n) is 5.45. The van der Waals surface area contributed by atoms with E-state index in [1.807, 2.05) is 36.2 Å². The molecule has 0 saturated carbocycles. The van der Waals surface area contributed by atoms with Gasteiger partial charge < -0.3 is 4.90 Å². The van der Waals surface area contributed by atoms with Crippen molar-refractivity contribution in [1.29, 1.82) is 0 Å². The van der Waals surface area contributed by atoms with E-state index in [1.165, 1.54) is 5.56 Å². The lowest BCUT2D eigenvalue weighted by Gasteiger charge is -2.32. The number of piperazine rings is 1. The second-order valence-corrected chi connectivity index (χ2v) is 7.57. The van der Waals surface area contributed by atoms with Crippen LogP contribution >= 0.6 is 0 Å². The second kappa shape index (κ2) is 7.70. The van der Waals surface area contributed by atoms with Crippen molar-refractivity contribution in [2.75, 3.05) is 33.2 Å². The molecule has 3 aromatic rings. The molecule has 2 heterocycles. The third kappa shape index (κ3) is 3.63. The minimum Gasteiger partial charge on any atom is -0.304 e. The van der Waals surface area contributed by atoms with Gasteiger partial charge in [-0.3, -0.25) is 10.2 Å². The SMILES string of the molecule is Cc1ccc(-c2nc3ccccc3c(C(=O)NN3CCN(C)CC3)c2C)cc1. The predicted octanol–water partition coefficient (Wildman–Crippen LogP) is 3.41. The summed E-state index contributed by atoms with van der Waals surface area (Å²) in [5.41, 5.74) is 8.67. The molecule has 1 aliphatic heterocycles. The van der Waals surface area contributed by atoms with Crippen LogP contribution in [0.25, 0.3) is 22.2 Å². The number of hydrazine groups is 1. The lowest BCUT2D eigenvalue weighted by molar-refractivity contribution is 0.0663. The van der Waals surface area contributed by atoms with Crippen LogP contribution in [0.15, 0.2) is 48.5 Å². The lowest BCUT2D eigenvalue weighted by Crippen LogP contribution is -2.52. The van der Waals surface area contributed by atoms with Gasteiger partial charge in [-0.15, -0.1) is 0 Å². The first-order chi connectivity index (χ1) is 13.5. The Bertz CT molecular complexity index is 1010. The highest BCUT2D eigenvalue weighted by molar-refractivity contribution is 6.08. The van der Waals surface area contributed by atoms with Crippen LogP contribution < -0.4 is 5.43 Å². The number of likely N-dealkylation sites (N-methyl/N-ethyl adjacent to an activating group) is 1. The van der Waals surface area contributed by atoms with Gasteiger partial charge in [0.15, 0.2) is 0 Å². The van der Waals surface area contributed by atoms with E-state index in [9.17, 15) is 4.79 Å². The van der Waals surface area contributed by atoms with E-state index in [-0.39, 0.29) is 5.91 Å². The van der Waals surface area contributed by atoms with Gasteiger partial charge in [0.2, 0.25) is 0 Å². The van der Waals surface area contributed by atoms with Gasteiger partial charge in [0, 0.05) is 37.1 Å². The molecule has 0 atom stereocenters. The Morgan fingerprint density at radius 2 is 1.64 bits per heavy atom. The molecule has 0 radical (unpaired) electrons. The molecule has 4 rings (SSSR count). The zero-order valence-corrected chi connectivity index (χ0v) is 16.7. The van der Waals surface area contributed by atoms with E-state index in [2.05, 4.69) is 48.6 Å². The van der Waals surface area contributed by atoms with Crippen molar-refractivity contribution in [2.24, 2.45) is 0 Å². The van der Waals surface area contributed by atoms with E-state index < -0.39 is 0 Å². The number of nitrogens with one attached hydrogen (secondary N) is 1. The molecule has 1 fully saturated rings. The van der Waals surface area contributed by atoms with Gasteiger partial charge in [0.05, 0.1) is 16.8 Å². The zero-order valence-electron chi connectivity index (χ0n) is 16.7. The van der Waals surface area contributed by atoms with Crippen LogP contribution in [0, 0.1) is 13.8 Å². The number of fused-ring (bicyclic) bond motifs is 1. The van der Waals surface area contributed by atoms with E-state index in [0.717, 1.165) is 53.9 Å². The second-order valence-electron chi connectivity index (χ2n) is 7.57. The molecule has 1 N–H and O–H groups in total. The Kier molecular flexibility index (Phi) is 5.11. The number of para-hydroxylation sites is 1. The van der Waals surface area contributed by atoms with Crippen LogP contribution in [0.4, 0.5) is 0 Å². The Balaban J connectivity index is 1.76. The summed E-state index contributed by atoms with van der Waals surface area (Å²) < 4.78 is 0. The molecular weight excluding hydrogens is 348 g/mol. The molecule has 5 nitrogen and oxygen atoms in total. The smallest absolute Gasteiger partial charge is 0.266 e. The van der Waals surface area contributed by atoms with Crippen LogP contribution in [0.2, 0.25) is 0 Å². The highest BCUT2D eigenvalue weighted by Gasteiger charge is 2.22. The molecule has 1 aromatic heterocycles. The standard InChI is InChI=1S/C23H26N4O/c1-16-8-10-18(11-9-16)22-17(2)21(19-6-4-5-7-20(19)24-22)23(28)25-27-14-12-26(3)13-15-27/h4-11H,12-15H2,1-3H3,(H,25,28). The van der Waals surface area contributed by atoms with Gasteiger partial charge >= 0.3 is 0 Å². The first-order valence-electron chi connectivity index (χ1n) is 9.74. The average Bonchev–Trinajstić information content (AvgIpc) is 2.70. The van der Waals surface area contributed by atoms with Gasteiger partial charge in [0.25, 0.3) is 5.91 Å². The maximum absolute atomic E-state index is 13.3. The van der Waals surface area contributed by atoms with Crippen molar-refractivity contribution in [1.82, 2.24) is 20.3 Å². The van der Waals surface area contributed by atoms with E-state index >= 15 is 0 Å². The fourth-order valence-electron chi connectivity index (χ4n) is 3.71. The maximum atomic E-state index is 13.3. The van der Waals surface area contributed by atoms with Crippen molar-refractivity contribution in [3.05, 3.63) is 65.2 Å². The molecule has 144 valence electrons. The molecule has 0 aliphatic carbocycles. The normalized spacial score (nSPS) is 15.7. The predicted molar refractivity (Wildman–Crippen MR) is 113 cm³/mol. The summed E-state index contributed by atoms with van der Waals surface area (Å²) in [5, 5.41) is 2.91. The minimum absolute atomic E-state index is 0.0611. The fourth-order valence-corrected chi connectivity index (χ4v) is 3.71. The molecule has 1 amide bonds. The number of carbonyl (C=O) groups excluding carboxylic acids is 1. The first kappa shape index (κ1) is 18.6. The number of benzene rings is 2. The number of hydrogen-bond donors (Lipinski definition) is 1. The number of pyridine rings is 1. The number of aryl methyl sites for hydroxylation is 1. The molecule has 5 heteroatoms. The van der Waals surface area contributed by atoms with Crippen LogP contribution in [-0.4, -0.2) is 54.0 Å². The average molecular weight is 374 g/mol. The quantitative estimate of drug-likeness (QED) is 0.763. The summed E-state index contributed by atoms with van der Waals surface area (Å²) >= 11 is 0. The summed E-state index contributed by atoms with van der Waals surface area (Å²) in [4.78, 5) is 20.4. The Morgan fingerprint density at radius 3 is 2.36 bits per heavy atom. The first-order valence-corrected chi connectivity index (χ1v) is 9.74. The monoisotopic (exact) mass is 374 g/mol. The molecule has 0 bridgehead atoms. The highest BCUT2D eigenvalue weighted by atomic mass is 16.2. The maximum Gasteiger partial charge on any atom is 0.266 e.